The SMILES string of the molecule is O=C(N[C@H](N1C[C@H]2C[C@H](C1)c1cccc(=O)n1C2)C(Cl)(Cl)Cl)c1ccc(N([O-])O)cc1. The fourth-order valence-corrected chi connectivity index (χ4v) is 5.05. The first kappa shape index (κ1) is 22.4. The number of anilines is 1. The lowest BCUT2D eigenvalue weighted by molar-refractivity contribution is 0.0586. The van der Waals surface area contributed by atoms with Crippen LogP contribution in [-0.2, 0) is 6.54 Å². The number of likely N-dealkylation sites (tertiary alicyclic amines) is 1. The molecule has 166 valence electrons. The number of pyridine rings is 1. The molecule has 0 aliphatic carbocycles. The van der Waals surface area contributed by atoms with Crippen LogP contribution in [-0.4, -0.2) is 43.6 Å². The van der Waals surface area contributed by atoms with Gasteiger partial charge < -0.3 is 20.3 Å². The van der Waals surface area contributed by atoms with Crippen LogP contribution in [0, 0.1) is 11.1 Å². The number of carbonyl (C=O) groups is 1. The average molecular weight is 487 g/mol. The van der Waals surface area contributed by atoms with Crippen LogP contribution in [0.25, 0.3) is 0 Å². The topological polar surface area (TPSA) is 101 Å². The Kier molecular flexibility index (Phi) is 6.22. The van der Waals surface area contributed by atoms with Crippen molar-refractivity contribution >= 4 is 46.4 Å². The van der Waals surface area contributed by atoms with Crippen molar-refractivity contribution in [1.29, 1.82) is 0 Å². The third kappa shape index (κ3) is 4.69. The molecule has 2 aliphatic heterocycles. The van der Waals surface area contributed by atoms with E-state index < -0.39 is 15.9 Å². The molecule has 1 aromatic heterocycles. The molecule has 0 saturated carbocycles. The Bertz CT molecular complexity index is 1020. The first-order chi connectivity index (χ1) is 14.6. The normalized spacial score (nSPS) is 21.8. The Morgan fingerprint density at radius 1 is 1.16 bits per heavy atom. The summed E-state index contributed by atoms with van der Waals surface area (Å²) in [4.78, 5) is 27.0. The number of amides is 1. The van der Waals surface area contributed by atoms with Gasteiger partial charge in [0.25, 0.3) is 11.5 Å². The first-order valence-corrected chi connectivity index (χ1v) is 10.8. The van der Waals surface area contributed by atoms with Crippen molar-refractivity contribution in [3.63, 3.8) is 0 Å². The lowest BCUT2D eigenvalue weighted by Crippen LogP contribution is -2.60. The number of benzene rings is 1. The highest BCUT2D eigenvalue weighted by atomic mass is 35.6. The molecule has 3 heterocycles. The van der Waals surface area contributed by atoms with Crippen LogP contribution in [0.2, 0.25) is 0 Å². The van der Waals surface area contributed by atoms with E-state index in [-0.39, 0.29) is 33.9 Å². The number of carbonyl (C=O) groups excluding carboxylic acids is 1. The van der Waals surface area contributed by atoms with Crippen molar-refractivity contribution in [1.82, 2.24) is 14.8 Å². The van der Waals surface area contributed by atoms with Crippen LogP contribution in [0.1, 0.15) is 28.4 Å². The van der Waals surface area contributed by atoms with Gasteiger partial charge in [-0.2, -0.15) is 0 Å². The average Bonchev–Trinajstić information content (AvgIpc) is 2.71. The summed E-state index contributed by atoms with van der Waals surface area (Å²) >= 11 is 18.8. The van der Waals surface area contributed by atoms with Gasteiger partial charge in [-0.25, -0.2) is 0 Å². The van der Waals surface area contributed by atoms with Crippen LogP contribution < -0.4 is 16.1 Å². The second-order valence-electron chi connectivity index (χ2n) is 7.89. The first-order valence-electron chi connectivity index (χ1n) is 9.71. The fraction of sp³-hybridized carbons (Fsp3) is 0.400. The zero-order valence-electron chi connectivity index (χ0n) is 16.2. The van der Waals surface area contributed by atoms with Gasteiger partial charge in [-0.3, -0.25) is 19.7 Å². The standard InChI is InChI=1S/C20H20Cl3N4O4/c21-20(22,23)19(24-18(29)13-4-6-15(7-5-13)27(30)31)25-9-12-8-14(11-25)16-2-1-3-17(28)26(16)10-12/h1-7,12,14,19,30H,8-11H2,(H,24,29)/q-1/t12-,14-,19-/m1/s1. The molecule has 1 saturated heterocycles. The molecular weight excluding hydrogens is 467 g/mol. The molecule has 2 N–H and O–H groups in total. The Labute approximate surface area is 193 Å². The predicted octanol–water partition coefficient (Wildman–Crippen LogP) is 3.09. The number of halogens is 3. The smallest absolute Gasteiger partial charge is 0.252 e. The van der Waals surface area contributed by atoms with Crippen molar-refractivity contribution in [3.05, 3.63) is 69.3 Å². The molecule has 1 fully saturated rings. The Hall–Kier alpha value is -1.81. The van der Waals surface area contributed by atoms with Crippen LogP contribution in [0.15, 0.2) is 47.3 Å². The maximum absolute atomic E-state index is 12.8. The summed E-state index contributed by atoms with van der Waals surface area (Å²) in [5, 5.41) is 22.4. The van der Waals surface area contributed by atoms with Gasteiger partial charge >= 0.3 is 0 Å². The van der Waals surface area contributed by atoms with Crippen molar-refractivity contribution in [2.24, 2.45) is 5.92 Å². The third-order valence-electron chi connectivity index (χ3n) is 5.80. The van der Waals surface area contributed by atoms with Gasteiger partial charge in [0, 0.05) is 42.9 Å². The zero-order chi connectivity index (χ0) is 22.3. The predicted molar refractivity (Wildman–Crippen MR) is 119 cm³/mol. The van der Waals surface area contributed by atoms with Crippen molar-refractivity contribution in [2.75, 3.05) is 18.3 Å². The molecule has 2 aromatic rings. The van der Waals surface area contributed by atoms with E-state index in [9.17, 15) is 14.8 Å². The summed E-state index contributed by atoms with van der Waals surface area (Å²) in [7, 11) is 0. The van der Waals surface area contributed by atoms with Crippen LogP contribution in [0.5, 0.6) is 0 Å². The van der Waals surface area contributed by atoms with E-state index in [0.29, 0.717) is 19.6 Å². The largest absolute Gasteiger partial charge is 0.733 e. The highest BCUT2D eigenvalue weighted by Gasteiger charge is 2.44. The molecule has 11 heteroatoms. The molecule has 1 aromatic carbocycles. The van der Waals surface area contributed by atoms with Gasteiger partial charge in [0.1, 0.15) is 6.17 Å². The van der Waals surface area contributed by atoms with Gasteiger partial charge in [-0.1, -0.05) is 40.9 Å². The van der Waals surface area contributed by atoms with E-state index >= 15 is 0 Å². The summed E-state index contributed by atoms with van der Waals surface area (Å²) < 4.78 is 0.00955. The van der Waals surface area contributed by atoms with E-state index in [0.717, 1.165) is 12.1 Å². The third-order valence-corrected chi connectivity index (χ3v) is 6.42. The number of hydrogen-bond acceptors (Lipinski definition) is 6. The zero-order valence-corrected chi connectivity index (χ0v) is 18.5. The van der Waals surface area contributed by atoms with Crippen LogP contribution >= 0.6 is 34.8 Å². The summed E-state index contributed by atoms with van der Waals surface area (Å²) in [5.41, 5.74) is 1.17. The van der Waals surface area contributed by atoms with E-state index in [4.69, 9.17) is 40.0 Å². The number of hydrogen-bond donors (Lipinski definition) is 2. The number of nitrogens with zero attached hydrogens (tertiary/aromatic N) is 3. The lowest BCUT2D eigenvalue weighted by Gasteiger charge is -2.47. The Morgan fingerprint density at radius 3 is 2.52 bits per heavy atom. The minimum absolute atomic E-state index is 0.00718. The maximum Gasteiger partial charge on any atom is 0.252 e. The molecule has 31 heavy (non-hydrogen) atoms. The molecule has 2 aliphatic rings. The Balaban J connectivity index is 1.55. The van der Waals surface area contributed by atoms with E-state index in [1.807, 2.05) is 11.0 Å². The van der Waals surface area contributed by atoms with E-state index in [1.54, 1.807) is 16.7 Å². The van der Waals surface area contributed by atoms with Crippen molar-refractivity contribution in [2.45, 2.75) is 28.8 Å². The number of alkyl halides is 3. The van der Waals surface area contributed by atoms with Gasteiger partial charge in [0.2, 0.25) is 3.79 Å². The lowest BCUT2D eigenvalue weighted by atomic mass is 9.83. The number of nitrogens with one attached hydrogen (secondary N) is 1. The maximum atomic E-state index is 12.8. The molecular formula is C20H20Cl3N4O4-. The van der Waals surface area contributed by atoms with E-state index in [1.165, 1.54) is 24.3 Å². The van der Waals surface area contributed by atoms with Gasteiger partial charge in [-0.15, -0.1) is 0 Å². The summed E-state index contributed by atoms with van der Waals surface area (Å²) in [6.45, 7) is 1.66. The van der Waals surface area contributed by atoms with Crippen molar-refractivity contribution in [3.8, 4) is 0 Å². The monoisotopic (exact) mass is 485 g/mol. The second kappa shape index (κ2) is 8.61. The minimum atomic E-state index is -1.80. The molecule has 2 bridgehead atoms. The molecule has 0 spiro atoms. The number of piperidine rings is 1. The van der Waals surface area contributed by atoms with Gasteiger partial charge in [0.15, 0.2) is 0 Å². The number of fused-ring (bicyclic) bond motifs is 4. The molecule has 8 nitrogen and oxygen atoms in total. The highest BCUT2D eigenvalue weighted by molar-refractivity contribution is 6.68. The fourth-order valence-electron chi connectivity index (χ4n) is 4.47. The minimum Gasteiger partial charge on any atom is -0.733 e. The molecule has 0 radical (unpaired) electrons. The van der Waals surface area contributed by atoms with Crippen LogP contribution in [0.4, 0.5) is 5.69 Å². The number of aromatic nitrogens is 1. The van der Waals surface area contributed by atoms with Crippen LogP contribution in [0.3, 0.4) is 0 Å². The summed E-state index contributed by atoms with van der Waals surface area (Å²) in [5.74, 6) is -0.212. The highest BCUT2D eigenvalue weighted by Crippen LogP contribution is 2.40. The molecule has 1 amide bonds. The summed E-state index contributed by atoms with van der Waals surface area (Å²) in [6.07, 6.45) is 0.0280. The van der Waals surface area contributed by atoms with E-state index in [2.05, 4.69) is 5.32 Å². The quantitative estimate of drug-likeness (QED) is 0.509. The van der Waals surface area contributed by atoms with Crippen molar-refractivity contribution < 1.29 is 10.0 Å². The summed E-state index contributed by atoms with van der Waals surface area (Å²) in [6, 6.07) is 10.7. The number of rotatable bonds is 4. The molecule has 3 atom stereocenters. The molecule has 4 rings (SSSR count). The second-order valence-corrected chi connectivity index (χ2v) is 10.3. The molecule has 0 unspecified atom stereocenters. The Morgan fingerprint density at radius 2 is 1.87 bits per heavy atom. The van der Waals surface area contributed by atoms with Gasteiger partial charge in [0.05, 0.1) is 5.69 Å². The van der Waals surface area contributed by atoms with Gasteiger partial charge in [-0.05, 0) is 42.7 Å².